The minimum atomic E-state index is -3.76. The molecule has 0 spiro atoms. The minimum Gasteiger partial charge on any atom is -0.486 e. The Labute approximate surface area is 204 Å². The van der Waals surface area contributed by atoms with Gasteiger partial charge in [-0.2, -0.15) is 0 Å². The van der Waals surface area contributed by atoms with Crippen LogP contribution in [0.25, 0.3) is 0 Å². The molecular formula is C26H27N3O5S. The number of benzene rings is 3. The Morgan fingerprint density at radius 2 is 1.69 bits per heavy atom. The van der Waals surface area contributed by atoms with Gasteiger partial charge in [-0.15, -0.1) is 0 Å². The lowest BCUT2D eigenvalue weighted by Gasteiger charge is -2.19. The van der Waals surface area contributed by atoms with Gasteiger partial charge in [-0.25, -0.2) is 13.1 Å². The van der Waals surface area contributed by atoms with Gasteiger partial charge in [-0.3, -0.25) is 4.79 Å². The van der Waals surface area contributed by atoms with E-state index >= 15 is 0 Å². The van der Waals surface area contributed by atoms with Crippen molar-refractivity contribution in [1.29, 1.82) is 0 Å². The fraction of sp³-hybridized carbons (Fsp3) is 0.269. The van der Waals surface area contributed by atoms with Crippen molar-refractivity contribution in [3.05, 3.63) is 76.9 Å². The highest BCUT2D eigenvalue weighted by molar-refractivity contribution is 7.89. The van der Waals surface area contributed by atoms with Crippen molar-refractivity contribution in [2.24, 2.45) is 0 Å². The van der Waals surface area contributed by atoms with Gasteiger partial charge >= 0.3 is 0 Å². The molecule has 0 fully saturated rings. The first-order valence-corrected chi connectivity index (χ1v) is 13.0. The van der Waals surface area contributed by atoms with Crippen LogP contribution in [0.2, 0.25) is 0 Å². The Bertz CT molecular complexity index is 1390. The average Bonchev–Trinajstić information content (AvgIpc) is 3.35. The van der Waals surface area contributed by atoms with Crippen LogP contribution in [0.5, 0.6) is 11.5 Å². The second kappa shape index (κ2) is 9.59. The number of carbonyl (C=O) groups excluding carboxylic acids is 1. The lowest BCUT2D eigenvalue weighted by Crippen LogP contribution is -2.20. The summed E-state index contributed by atoms with van der Waals surface area (Å²) in [6, 6.07) is 16.1. The van der Waals surface area contributed by atoms with Crippen LogP contribution in [0.1, 0.15) is 33.5 Å². The van der Waals surface area contributed by atoms with Crippen LogP contribution in [0, 0.1) is 0 Å². The molecule has 0 saturated carbocycles. The first-order chi connectivity index (χ1) is 16.9. The third-order valence-corrected chi connectivity index (χ3v) is 7.60. The zero-order valence-electron chi connectivity index (χ0n) is 19.4. The van der Waals surface area contributed by atoms with Crippen molar-refractivity contribution in [2.75, 3.05) is 30.9 Å². The molecule has 0 atom stereocenters. The fourth-order valence-electron chi connectivity index (χ4n) is 4.36. The number of amides is 1. The second-order valence-electron chi connectivity index (χ2n) is 8.58. The summed E-state index contributed by atoms with van der Waals surface area (Å²) in [5.74, 6) is 1.00. The molecule has 35 heavy (non-hydrogen) atoms. The van der Waals surface area contributed by atoms with Gasteiger partial charge in [-0.1, -0.05) is 12.1 Å². The summed E-state index contributed by atoms with van der Waals surface area (Å²) in [5, 5.41) is 6.14. The predicted molar refractivity (Wildman–Crippen MR) is 134 cm³/mol. The first kappa shape index (κ1) is 23.2. The summed E-state index contributed by atoms with van der Waals surface area (Å²) in [6.07, 6.45) is 3.18. The molecule has 5 rings (SSSR count). The van der Waals surface area contributed by atoms with E-state index in [-0.39, 0.29) is 16.4 Å². The molecule has 1 aliphatic carbocycles. The SMILES string of the molecule is CNS(=O)(=O)c1cc(NCc2ccc3c(c2)OCCO3)cc(C(=O)Nc2ccc3c(c2)CCC3)c1. The summed E-state index contributed by atoms with van der Waals surface area (Å²) in [4.78, 5) is 13.1. The van der Waals surface area contributed by atoms with E-state index in [0.29, 0.717) is 42.6 Å². The van der Waals surface area contributed by atoms with Crippen LogP contribution in [-0.2, 0) is 29.4 Å². The fourth-order valence-corrected chi connectivity index (χ4v) is 5.16. The zero-order valence-corrected chi connectivity index (χ0v) is 20.2. The maximum atomic E-state index is 13.1. The second-order valence-corrected chi connectivity index (χ2v) is 10.5. The first-order valence-electron chi connectivity index (χ1n) is 11.6. The molecule has 0 bridgehead atoms. The predicted octanol–water partition coefficient (Wildman–Crippen LogP) is 3.72. The molecule has 1 heterocycles. The highest BCUT2D eigenvalue weighted by Crippen LogP contribution is 2.31. The van der Waals surface area contributed by atoms with Crippen LogP contribution in [0.3, 0.4) is 0 Å². The van der Waals surface area contributed by atoms with E-state index in [2.05, 4.69) is 15.4 Å². The Hall–Kier alpha value is -3.56. The standard InChI is InChI=1S/C26H27N3O5S/c1-27-35(31,32)23-14-20(26(30)29-21-7-6-18-3-2-4-19(18)12-21)13-22(15-23)28-16-17-5-8-24-25(11-17)34-10-9-33-24/h5-8,11-15,27-28H,2-4,9-10,16H2,1H3,(H,29,30). The number of anilines is 2. The van der Waals surface area contributed by atoms with Crippen LogP contribution >= 0.6 is 0 Å². The van der Waals surface area contributed by atoms with Gasteiger partial charge in [0.05, 0.1) is 4.90 Å². The summed E-state index contributed by atoms with van der Waals surface area (Å²) < 4.78 is 38.6. The Balaban J connectivity index is 1.38. The van der Waals surface area contributed by atoms with Crippen molar-refractivity contribution in [3.63, 3.8) is 0 Å². The lowest BCUT2D eigenvalue weighted by molar-refractivity contribution is 0.102. The van der Waals surface area contributed by atoms with E-state index in [1.165, 1.54) is 30.3 Å². The number of rotatable bonds is 7. The van der Waals surface area contributed by atoms with Gasteiger partial charge in [0.25, 0.3) is 5.91 Å². The van der Waals surface area contributed by atoms with E-state index in [4.69, 9.17) is 9.47 Å². The highest BCUT2D eigenvalue weighted by atomic mass is 32.2. The highest BCUT2D eigenvalue weighted by Gasteiger charge is 2.18. The summed E-state index contributed by atoms with van der Waals surface area (Å²) in [7, 11) is -2.42. The molecule has 2 aliphatic rings. The number of hydrogen-bond donors (Lipinski definition) is 3. The van der Waals surface area contributed by atoms with Crippen molar-refractivity contribution in [1.82, 2.24) is 4.72 Å². The molecular weight excluding hydrogens is 466 g/mol. The van der Waals surface area contributed by atoms with E-state index in [9.17, 15) is 13.2 Å². The monoisotopic (exact) mass is 493 g/mol. The Morgan fingerprint density at radius 1 is 0.886 bits per heavy atom. The van der Waals surface area contributed by atoms with Crippen molar-refractivity contribution < 1.29 is 22.7 Å². The van der Waals surface area contributed by atoms with Crippen LogP contribution in [-0.4, -0.2) is 34.6 Å². The Kier molecular flexibility index (Phi) is 6.36. The van der Waals surface area contributed by atoms with E-state index in [1.54, 1.807) is 6.07 Å². The molecule has 0 saturated heterocycles. The molecule has 0 unspecified atom stereocenters. The quantitative estimate of drug-likeness (QED) is 0.463. The van der Waals surface area contributed by atoms with Crippen molar-refractivity contribution in [2.45, 2.75) is 30.7 Å². The van der Waals surface area contributed by atoms with E-state index in [0.717, 1.165) is 24.8 Å². The number of ether oxygens (including phenoxy) is 2. The number of nitrogens with one attached hydrogen (secondary N) is 3. The van der Waals surface area contributed by atoms with Crippen LogP contribution in [0.15, 0.2) is 59.5 Å². The lowest BCUT2D eigenvalue weighted by atomic mass is 10.1. The minimum absolute atomic E-state index is 0.00581. The molecule has 3 N–H and O–H groups in total. The molecule has 8 nitrogen and oxygen atoms in total. The molecule has 0 aromatic heterocycles. The zero-order chi connectivity index (χ0) is 24.4. The molecule has 0 radical (unpaired) electrons. The van der Waals surface area contributed by atoms with Crippen molar-refractivity contribution >= 4 is 27.3 Å². The molecule has 3 aromatic rings. The van der Waals surface area contributed by atoms with Gasteiger partial charge < -0.3 is 20.1 Å². The van der Waals surface area contributed by atoms with E-state index < -0.39 is 10.0 Å². The maximum absolute atomic E-state index is 13.1. The number of carbonyl (C=O) groups is 1. The third kappa shape index (κ3) is 5.11. The molecule has 1 aliphatic heterocycles. The summed E-state index contributed by atoms with van der Waals surface area (Å²) in [5.41, 5.74) is 4.94. The summed E-state index contributed by atoms with van der Waals surface area (Å²) in [6.45, 7) is 1.43. The summed E-state index contributed by atoms with van der Waals surface area (Å²) >= 11 is 0. The molecule has 1 amide bonds. The number of aryl methyl sites for hydroxylation is 2. The van der Waals surface area contributed by atoms with Gasteiger partial charge in [0.2, 0.25) is 10.0 Å². The number of hydrogen-bond acceptors (Lipinski definition) is 6. The van der Waals surface area contributed by atoms with E-state index in [1.807, 2.05) is 36.4 Å². The maximum Gasteiger partial charge on any atom is 0.255 e. The normalized spacial score (nSPS) is 14.3. The third-order valence-electron chi connectivity index (χ3n) is 6.21. The number of sulfonamides is 1. The van der Waals surface area contributed by atoms with Gasteiger partial charge in [-0.05, 0) is 85.5 Å². The van der Waals surface area contributed by atoms with Crippen LogP contribution < -0.4 is 24.8 Å². The Morgan fingerprint density at radius 3 is 2.51 bits per heavy atom. The molecule has 3 aromatic carbocycles. The van der Waals surface area contributed by atoms with Crippen LogP contribution in [0.4, 0.5) is 11.4 Å². The number of fused-ring (bicyclic) bond motifs is 2. The van der Waals surface area contributed by atoms with Gasteiger partial charge in [0.15, 0.2) is 11.5 Å². The van der Waals surface area contributed by atoms with Crippen molar-refractivity contribution in [3.8, 4) is 11.5 Å². The van der Waals surface area contributed by atoms with Gasteiger partial charge in [0.1, 0.15) is 13.2 Å². The molecule has 9 heteroatoms. The largest absolute Gasteiger partial charge is 0.486 e. The smallest absolute Gasteiger partial charge is 0.255 e. The average molecular weight is 494 g/mol. The van der Waals surface area contributed by atoms with Gasteiger partial charge in [0, 0.05) is 23.5 Å². The topological polar surface area (TPSA) is 106 Å². The molecule has 182 valence electrons.